The van der Waals surface area contributed by atoms with E-state index in [1.54, 1.807) is 19.2 Å². The molecule has 3 rings (SSSR count). The molecular formula is C20H19NO5S. The molecule has 1 N–H and O–H groups in total. The summed E-state index contributed by atoms with van der Waals surface area (Å²) in [5.74, 6) is 0.829. The smallest absolute Gasteiger partial charge is 0.338 e. The Balaban J connectivity index is 1.69. The number of methoxy groups -OCH3 is 1. The molecule has 0 amide bonds. The summed E-state index contributed by atoms with van der Waals surface area (Å²) in [7, 11) is 1.59. The Morgan fingerprint density at radius 1 is 1.19 bits per heavy atom. The average molecular weight is 385 g/mol. The van der Waals surface area contributed by atoms with Crippen LogP contribution in [0, 0.1) is 0 Å². The summed E-state index contributed by atoms with van der Waals surface area (Å²) in [4.78, 5) is 16.6. The van der Waals surface area contributed by atoms with Crippen molar-refractivity contribution in [3.05, 3.63) is 59.1 Å². The number of hydrogen-bond acceptors (Lipinski definition) is 7. The first-order chi connectivity index (χ1) is 13.1. The third kappa shape index (κ3) is 4.57. The second kappa shape index (κ2) is 8.55. The molecule has 2 aromatic carbocycles. The summed E-state index contributed by atoms with van der Waals surface area (Å²) < 4.78 is 16.2. The van der Waals surface area contributed by atoms with Crippen molar-refractivity contribution < 1.29 is 24.1 Å². The number of benzene rings is 2. The first-order valence-electron chi connectivity index (χ1n) is 8.32. The largest absolute Gasteiger partial charge is 0.508 e. The van der Waals surface area contributed by atoms with Gasteiger partial charge in [0.05, 0.1) is 25.0 Å². The van der Waals surface area contributed by atoms with E-state index in [4.69, 9.17) is 14.2 Å². The van der Waals surface area contributed by atoms with Crippen LogP contribution in [0.15, 0.2) is 47.8 Å². The molecule has 0 aliphatic carbocycles. The van der Waals surface area contributed by atoms with Crippen LogP contribution in [0.25, 0.3) is 10.6 Å². The Kier molecular flexibility index (Phi) is 5.93. The molecule has 3 aromatic rings. The first kappa shape index (κ1) is 18.7. The lowest BCUT2D eigenvalue weighted by atomic mass is 10.2. The monoisotopic (exact) mass is 385 g/mol. The van der Waals surface area contributed by atoms with Crippen molar-refractivity contribution >= 4 is 17.3 Å². The molecule has 0 atom stereocenters. The zero-order valence-electron chi connectivity index (χ0n) is 15.0. The molecule has 1 aromatic heterocycles. The maximum absolute atomic E-state index is 12.0. The van der Waals surface area contributed by atoms with E-state index in [1.165, 1.54) is 23.5 Å². The molecule has 0 aliphatic rings. The van der Waals surface area contributed by atoms with Crippen molar-refractivity contribution in [3.8, 4) is 27.8 Å². The molecule has 0 fully saturated rings. The third-order valence-electron chi connectivity index (χ3n) is 3.70. The summed E-state index contributed by atoms with van der Waals surface area (Å²) in [6, 6.07) is 11.7. The molecule has 0 spiro atoms. The number of rotatable bonds is 7. The Morgan fingerprint density at radius 3 is 2.78 bits per heavy atom. The van der Waals surface area contributed by atoms with Gasteiger partial charge in [-0.15, -0.1) is 11.3 Å². The number of thiazole rings is 1. The van der Waals surface area contributed by atoms with Crippen molar-refractivity contribution in [3.63, 3.8) is 0 Å². The Labute approximate surface area is 161 Å². The molecule has 6 nitrogen and oxygen atoms in total. The van der Waals surface area contributed by atoms with Gasteiger partial charge in [0.1, 0.15) is 17.4 Å². The lowest BCUT2D eigenvalue weighted by Gasteiger charge is -2.09. The molecular weight excluding hydrogens is 366 g/mol. The minimum atomic E-state index is -0.511. The fourth-order valence-electron chi connectivity index (χ4n) is 2.44. The van der Waals surface area contributed by atoms with Gasteiger partial charge in [-0.25, -0.2) is 9.78 Å². The Hall–Kier alpha value is -3.06. The molecule has 0 aliphatic heterocycles. The standard InChI is InChI=1S/C20H19NO5S/c1-3-25-17-8-7-13(10-18(17)24-2)19-21-15(12-27-19)11-26-20(23)14-5-4-6-16(22)9-14/h4-10,12,22H,3,11H2,1-2H3. The predicted octanol–water partition coefficient (Wildman–Crippen LogP) is 4.28. The number of ether oxygens (including phenoxy) is 3. The van der Waals surface area contributed by atoms with E-state index >= 15 is 0 Å². The van der Waals surface area contributed by atoms with Gasteiger partial charge < -0.3 is 19.3 Å². The van der Waals surface area contributed by atoms with Crippen molar-refractivity contribution in [2.24, 2.45) is 0 Å². The molecule has 0 saturated carbocycles. The van der Waals surface area contributed by atoms with E-state index in [2.05, 4.69) is 4.98 Å². The van der Waals surface area contributed by atoms with Gasteiger partial charge in [-0.2, -0.15) is 0 Å². The third-order valence-corrected chi connectivity index (χ3v) is 4.64. The quantitative estimate of drug-likeness (QED) is 0.612. The molecule has 27 heavy (non-hydrogen) atoms. The lowest BCUT2D eigenvalue weighted by molar-refractivity contribution is 0.0468. The summed E-state index contributed by atoms with van der Waals surface area (Å²) in [6.45, 7) is 2.53. The summed E-state index contributed by atoms with van der Waals surface area (Å²) in [5, 5.41) is 12.1. The second-order valence-electron chi connectivity index (χ2n) is 5.57. The number of carbonyl (C=O) groups is 1. The highest BCUT2D eigenvalue weighted by Crippen LogP contribution is 2.33. The number of esters is 1. The molecule has 1 heterocycles. The molecule has 0 unspecified atom stereocenters. The summed E-state index contributed by atoms with van der Waals surface area (Å²) in [6.07, 6.45) is 0. The van der Waals surface area contributed by atoms with Crippen LogP contribution >= 0.6 is 11.3 Å². The number of nitrogens with zero attached hydrogens (tertiary/aromatic N) is 1. The van der Waals surface area contributed by atoms with E-state index < -0.39 is 5.97 Å². The van der Waals surface area contributed by atoms with Gasteiger partial charge in [0.15, 0.2) is 11.5 Å². The molecule has 0 saturated heterocycles. The van der Waals surface area contributed by atoms with E-state index in [1.807, 2.05) is 30.5 Å². The molecule has 0 bridgehead atoms. The van der Waals surface area contributed by atoms with E-state index in [0.29, 0.717) is 29.4 Å². The molecule has 7 heteroatoms. The van der Waals surface area contributed by atoms with E-state index in [9.17, 15) is 9.90 Å². The highest BCUT2D eigenvalue weighted by Gasteiger charge is 2.12. The average Bonchev–Trinajstić information content (AvgIpc) is 3.15. The zero-order valence-corrected chi connectivity index (χ0v) is 15.8. The van der Waals surface area contributed by atoms with Crippen LogP contribution in [0.5, 0.6) is 17.2 Å². The van der Waals surface area contributed by atoms with Crippen LogP contribution in [-0.4, -0.2) is 29.8 Å². The van der Waals surface area contributed by atoms with Gasteiger partial charge in [-0.1, -0.05) is 6.07 Å². The summed E-state index contributed by atoms with van der Waals surface area (Å²) in [5.41, 5.74) is 1.84. The van der Waals surface area contributed by atoms with Gasteiger partial charge in [-0.05, 0) is 43.3 Å². The van der Waals surface area contributed by atoms with Gasteiger partial charge in [0.25, 0.3) is 0 Å². The molecule has 0 radical (unpaired) electrons. The lowest BCUT2D eigenvalue weighted by Crippen LogP contribution is -2.05. The van der Waals surface area contributed by atoms with Crippen LogP contribution in [-0.2, 0) is 11.3 Å². The topological polar surface area (TPSA) is 77.9 Å². The predicted molar refractivity (Wildman–Crippen MR) is 102 cm³/mol. The van der Waals surface area contributed by atoms with Crippen LogP contribution in [0.2, 0.25) is 0 Å². The number of aromatic hydroxyl groups is 1. The van der Waals surface area contributed by atoms with Gasteiger partial charge in [0.2, 0.25) is 0 Å². The minimum Gasteiger partial charge on any atom is -0.508 e. The van der Waals surface area contributed by atoms with E-state index in [-0.39, 0.29) is 12.4 Å². The van der Waals surface area contributed by atoms with Gasteiger partial charge in [0, 0.05) is 10.9 Å². The fraction of sp³-hybridized carbons (Fsp3) is 0.200. The number of hydrogen-bond donors (Lipinski definition) is 1. The normalized spacial score (nSPS) is 10.4. The van der Waals surface area contributed by atoms with Crippen LogP contribution in [0.3, 0.4) is 0 Å². The maximum Gasteiger partial charge on any atom is 0.338 e. The van der Waals surface area contributed by atoms with Crippen LogP contribution < -0.4 is 9.47 Å². The maximum atomic E-state index is 12.0. The SMILES string of the molecule is CCOc1ccc(-c2nc(COC(=O)c3cccc(O)c3)cs2)cc1OC. The number of carbonyl (C=O) groups excluding carboxylic acids is 1. The van der Waals surface area contributed by atoms with Crippen molar-refractivity contribution in [1.29, 1.82) is 0 Å². The fourth-order valence-corrected chi connectivity index (χ4v) is 3.24. The number of phenolic OH excluding ortho intramolecular Hbond substituents is 1. The number of aromatic nitrogens is 1. The van der Waals surface area contributed by atoms with Crippen molar-refractivity contribution in [2.45, 2.75) is 13.5 Å². The van der Waals surface area contributed by atoms with E-state index in [0.717, 1.165) is 10.6 Å². The van der Waals surface area contributed by atoms with Crippen LogP contribution in [0.4, 0.5) is 0 Å². The van der Waals surface area contributed by atoms with Crippen molar-refractivity contribution in [2.75, 3.05) is 13.7 Å². The van der Waals surface area contributed by atoms with Crippen molar-refractivity contribution in [1.82, 2.24) is 4.98 Å². The zero-order chi connectivity index (χ0) is 19.2. The highest BCUT2D eigenvalue weighted by atomic mass is 32.1. The highest BCUT2D eigenvalue weighted by molar-refractivity contribution is 7.13. The molecule has 140 valence electrons. The van der Waals surface area contributed by atoms with Crippen LogP contribution in [0.1, 0.15) is 23.0 Å². The second-order valence-corrected chi connectivity index (χ2v) is 6.43. The first-order valence-corrected chi connectivity index (χ1v) is 9.20. The van der Waals surface area contributed by atoms with Gasteiger partial charge in [-0.3, -0.25) is 0 Å². The summed E-state index contributed by atoms with van der Waals surface area (Å²) >= 11 is 1.45. The Morgan fingerprint density at radius 2 is 2.04 bits per heavy atom. The Bertz CT molecular complexity index is 938. The minimum absolute atomic E-state index is 0.0184. The number of phenols is 1. The van der Waals surface area contributed by atoms with Gasteiger partial charge >= 0.3 is 5.97 Å².